The van der Waals surface area contributed by atoms with E-state index < -0.39 is 5.41 Å². The van der Waals surface area contributed by atoms with Gasteiger partial charge >= 0.3 is 0 Å². The van der Waals surface area contributed by atoms with Crippen molar-refractivity contribution in [3.63, 3.8) is 0 Å². The SMILES string of the molecule is CN(C(=O)C(C)(C)c1ccccc1F)C1CCNC1. The number of hydrogen-bond donors (Lipinski definition) is 1. The standard InChI is InChI=1S/C15H21FN2O/c1-15(2,12-6-4-5-7-13(12)16)14(19)18(3)11-8-9-17-10-11/h4-7,11,17H,8-10H2,1-3H3. The lowest BCUT2D eigenvalue weighted by Crippen LogP contribution is -2.47. The van der Waals surface area contributed by atoms with Crippen molar-refractivity contribution in [1.82, 2.24) is 10.2 Å². The van der Waals surface area contributed by atoms with Crippen molar-refractivity contribution in [3.8, 4) is 0 Å². The summed E-state index contributed by atoms with van der Waals surface area (Å²) in [5.74, 6) is -0.356. The molecule has 3 nitrogen and oxygen atoms in total. The van der Waals surface area contributed by atoms with Crippen molar-refractivity contribution in [3.05, 3.63) is 35.6 Å². The number of carbonyl (C=O) groups excluding carboxylic acids is 1. The number of likely N-dealkylation sites (N-methyl/N-ethyl adjacent to an activating group) is 1. The molecule has 1 heterocycles. The Kier molecular flexibility index (Phi) is 3.90. The van der Waals surface area contributed by atoms with Crippen LogP contribution in [0.25, 0.3) is 0 Å². The van der Waals surface area contributed by atoms with Crippen LogP contribution < -0.4 is 5.32 Å². The number of amides is 1. The topological polar surface area (TPSA) is 32.3 Å². The molecule has 4 heteroatoms. The smallest absolute Gasteiger partial charge is 0.232 e. The molecule has 1 aliphatic rings. The minimum atomic E-state index is -0.845. The summed E-state index contributed by atoms with van der Waals surface area (Å²) in [5.41, 5.74) is -0.388. The Balaban J connectivity index is 2.23. The zero-order valence-corrected chi connectivity index (χ0v) is 11.7. The molecule has 1 aromatic rings. The highest BCUT2D eigenvalue weighted by Crippen LogP contribution is 2.28. The maximum Gasteiger partial charge on any atom is 0.232 e. The maximum atomic E-state index is 13.9. The van der Waals surface area contributed by atoms with Gasteiger partial charge in [-0.05, 0) is 32.9 Å². The van der Waals surface area contributed by atoms with Crippen LogP contribution in [-0.4, -0.2) is 37.0 Å². The van der Waals surface area contributed by atoms with E-state index in [-0.39, 0.29) is 17.8 Å². The fourth-order valence-corrected chi connectivity index (χ4v) is 2.66. The molecule has 1 unspecified atom stereocenters. The second-order valence-corrected chi connectivity index (χ2v) is 5.67. The van der Waals surface area contributed by atoms with Gasteiger partial charge in [0.25, 0.3) is 0 Å². The second-order valence-electron chi connectivity index (χ2n) is 5.67. The van der Waals surface area contributed by atoms with Gasteiger partial charge in [0.2, 0.25) is 5.91 Å². The van der Waals surface area contributed by atoms with E-state index in [0.29, 0.717) is 5.56 Å². The monoisotopic (exact) mass is 264 g/mol. The van der Waals surface area contributed by atoms with E-state index in [2.05, 4.69) is 5.32 Å². The third-order valence-corrected chi connectivity index (χ3v) is 3.98. The first-order valence-corrected chi connectivity index (χ1v) is 6.67. The zero-order valence-electron chi connectivity index (χ0n) is 11.7. The van der Waals surface area contributed by atoms with Gasteiger partial charge in [0.05, 0.1) is 5.41 Å². The predicted octanol–water partition coefficient (Wildman–Crippen LogP) is 1.92. The predicted molar refractivity (Wildman–Crippen MR) is 73.5 cm³/mol. The number of halogens is 1. The molecule has 104 valence electrons. The Morgan fingerprint density at radius 1 is 1.42 bits per heavy atom. The molecule has 1 fully saturated rings. The van der Waals surface area contributed by atoms with Crippen molar-refractivity contribution in [2.45, 2.75) is 31.7 Å². The maximum absolute atomic E-state index is 13.9. The van der Waals surface area contributed by atoms with Crippen LogP contribution >= 0.6 is 0 Å². The first-order valence-electron chi connectivity index (χ1n) is 6.67. The zero-order chi connectivity index (χ0) is 14.0. The van der Waals surface area contributed by atoms with Gasteiger partial charge in [-0.3, -0.25) is 4.79 Å². The molecule has 1 N–H and O–H groups in total. The summed E-state index contributed by atoms with van der Waals surface area (Å²) in [6, 6.07) is 6.71. The molecule has 1 aliphatic heterocycles. The number of nitrogens with zero attached hydrogens (tertiary/aromatic N) is 1. The first-order chi connectivity index (χ1) is 8.94. The molecule has 0 aliphatic carbocycles. The van der Waals surface area contributed by atoms with E-state index in [1.165, 1.54) is 6.07 Å². The van der Waals surface area contributed by atoms with Crippen LogP contribution in [0.2, 0.25) is 0 Å². The first kappa shape index (κ1) is 14.0. The molecule has 0 aromatic heterocycles. The number of carbonyl (C=O) groups is 1. The number of hydrogen-bond acceptors (Lipinski definition) is 2. The highest BCUT2D eigenvalue weighted by molar-refractivity contribution is 5.87. The molecule has 19 heavy (non-hydrogen) atoms. The summed E-state index contributed by atoms with van der Waals surface area (Å²) in [5, 5.41) is 3.24. The van der Waals surface area contributed by atoms with Crippen LogP contribution in [0.3, 0.4) is 0 Å². The fourth-order valence-electron chi connectivity index (χ4n) is 2.66. The summed E-state index contributed by atoms with van der Waals surface area (Å²) >= 11 is 0. The van der Waals surface area contributed by atoms with E-state index in [9.17, 15) is 9.18 Å². The number of nitrogens with one attached hydrogen (secondary N) is 1. The van der Waals surface area contributed by atoms with Gasteiger partial charge in [-0.15, -0.1) is 0 Å². The minimum Gasteiger partial charge on any atom is -0.341 e. The van der Waals surface area contributed by atoms with Crippen LogP contribution in [0.4, 0.5) is 4.39 Å². The lowest BCUT2D eigenvalue weighted by molar-refractivity contribution is -0.136. The highest BCUT2D eigenvalue weighted by atomic mass is 19.1. The van der Waals surface area contributed by atoms with E-state index >= 15 is 0 Å². The lowest BCUT2D eigenvalue weighted by Gasteiger charge is -2.33. The van der Waals surface area contributed by atoms with Gasteiger partial charge in [-0.25, -0.2) is 4.39 Å². The molecule has 1 amide bonds. The molecule has 1 saturated heterocycles. The van der Waals surface area contributed by atoms with Crippen molar-refractivity contribution in [2.75, 3.05) is 20.1 Å². The van der Waals surface area contributed by atoms with Crippen LogP contribution in [0.1, 0.15) is 25.8 Å². The van der Waals surface area contributed by atoms with Crippen molar-refractivity contribution < 1.29 is 9.18 Å². The summed E-state index contributed by atoms with van der Waals surface area (Å²) in [6.45, 7) is 5.32. The van der Waals surface area contributed by atoms with Gasteiger partial charge in [-0.2, -0.15) is 0 Å². The molecule has 0 saturated carbocycles. The molecule has 0 radical (unpaired) electrons. The quantitative estimate of drug-likeness (QED) is 0.904. The van der Waals surface area contributed by atoms with Gasteiger partial charge in [0.1, 0.15) is 5.82 Å². The van der Waals surface area contributed by atoms with Crippen molar-refractivity contribution >= 4 is 5.91 Å². The normalized spacial score (nSPS) is 19.5. The number of rotatable bonds is 3. The van der Waals surface area contributed by atoms with E-state index in [4.69, 9.17) is 0 Å². The molecule has 0 bridgehead atoms. The third kappa shape index (κ3) is 2.63. The molecule has 2 rings (SSSR count). The molecule has 0 spiro atoms. The van der Waals surface area contributed by atoms with Crippen LogP contribution in [0.15, 0.2) is 24.3 Å². The molecule has 1 aromatic carbocycles. The Bertz CT molecular complexity index is 467. The Labute approximate surface area is 113 Å². The van der Waals surface area contributed by atoms with Gasteiger partial charge < -0.3 is 10.2 Å². The van der Waals surface area contributed by atoms with Crippen LogP contribution in [0.5, 0.6) is 0 Å². The Morgan fingerprint density at radius 3 is 2.68 bits per heavy atom. The second kappa shape index (κ2) is 5.29. The summed E-state index contributed by atoms with van der Waals surface area (Å²) in [4.78, 5) is 14.4. The van der Waals surface area contributed by atoms with Crippen LogP contribution in [0, 0.1) is 5.82 Å². The largest absolute Gasteiger partial charge is 0.341 e. The average molecular weight is 264 g/mol. The summed E-state index contributed by atoms with van der Waals surface area (Å²) < 4.78 is 13.9. The van der Waals surface area contributed by atoms with Crippen molar-refractivity contribution in [1.29, 1.82) is 0 Å². The van der Waals surface area contributed by atoms with Crippen LogP contribution in [-0.2, 0) is 10.2 Å². The Hall–Kier alpha value is -1.42. The van der Waals surface area contributed by atoms with Crippen molar-refractivity contribution in [2.24, 2.45) is 0 Å². The number of benzene rings is 1. The highest BCUT2D eigenvalue weighted by Gasteiger charge is 2.37. The lowest BCUT2D eigenvalue weighted by atomic mass is 9.82. The van der Waals surface area contributed by atoms with Gasteiger partial charge in [0, 0.05) is 25.2 Å². The van der Waals surface area contributed by atoms with E-state index in [1.807, 2.05) is 7.05 Å². The summed E-state index contributed by atoms with van der Waals surface area (Å²) in [7, 11) is 1.81. The molecule has 1 atom stereocenters. The molecular formula is C15H21FN2O. The Morgan fingerprint density at radius 2 is 2.11 bits per heavy atom. The van der Waals surface area contributed by atoms with E-state index in [1.54, 1.807) is 36.9 Å². The minimum absolute atomic E-state index is 0.0358. The van der Waals surface area contributed by atoms with Gasteiger partial charge in [0.15, 0.2) is 0 Å². The average Bonchev–Trinajstić information content (AvgIpc) is 2.91. The van der Waals surface area contributed by atoms with Gasteiger partial charge in [-0.1, -0.05) is 18.2 Å². The third-order valence-electron chi connectivity index (χ3n) is 3.98. The molecular weight excluding hydrogens is 243 g/mol. The summed E-state index contributed by atoms with van der Waals surface area (Å²) in [6.07, 6.45) is 0.954. The fraction of sp³-hybridized carbons (Fsp3) is 0.533. The van der Waals surface area contributed by atoms with E-state index in [0.717, 1.165) is 19.5 Å².